The molecule has 0 fully saturated rings. The molecule has 2 rings (SSSR count). The number of alkyl halides is 3. The molecule has 0 saturated heterocycles. The number of benzene rings is 1. The van der Waals surface area contributed by atoms with Crippen molar-refractivity contribution >= 4 is 6.21 Å². The van der Waals surface area contributed by atoms with E-state index in [-0.39, 0.29) is 16.9 Å². The lowest BCUT2D eigenvalue weighted by Gasteiger charge is -2.09. The van der Waals surface area contributed by atoms with Crippen molar-refractivity contribution < 1.29 is 17.9 Å². The molecule has 0 amide bonds. The summed E-state index contributed by atoms with van der Waals surface area (Å²) in [5, 5.41) is 0. The molecule has 0 unspecified atom stereocenters. The third kappa shape index (κ3) is 3.68. The van der Waals surface area contributed by atoms with Crippen molar-refractivity contribution in [2.45, 2.75) is 6.36 Å². The molecule has 2 aromatic rings. The molecule has 0 radical (unpaired) electrons. The Balaban J connectivity index is 2.40. The lowest BCUT2D eigenvalue weighted by Crippen LogP contribution is -2.17. The number of ether oxygens (including phenoxy) is 1. The number of aromatic nitrogens is 2. The van der Waals surface area contributed by atoms with Gasteiger partial charge in [-0.2, -0.15) is 0 Å². The van der Waals surface area contributed by atoms with Gasteiger partial charge in [-0.05, 0) is 24.3 Å². The summed E-state index contributed by atoms with van der Waals surface area (Å²) in [5.74, 6) is -0.346. The first-order valence-corrected chi connectivity index (χ1v) is 5.77. The first-order valence-electron chi connectivity index (χ1n) is 5.77. The molecule has 1 heterocycles. The van der Waals surface area contributed by atoms with Crippen LogP contribution in [0.1, 0.15) is 5.56 Å². The molecule has 0 spiro atoms. The molecule has 0 bridgehead atoms. The van der Waals surface area contributed by atoms with Crippen molar-refractivity contribution in [2.75, 3.05) is 7.05 Å². The van der Waals surface area contributed by atoms with Crippen LogP contribution in [0.3, 0.4) is 0 Å². The van der Waals surface area contributed by atoms with Gasteiger partial charge in [0.1, 0.15) is 5.75 Å². The quantitative estimate of drug-likeness (QED) is 0.884. The maximum atomic E-state index is 12.1. The number of nitrogens with zero attached hydrogens (tertiary/aromatic N) is 2. The second kappa shape index (κ2) is 5.78. The van der Waals surface area contributed by atoms with Crippen molar-refractivity contribution in [1.82, 2.24) is 9.97 Å². The second-order valence-electron chi connectivity index (χ2n) is 3.95. The Labute approximate surface area is 117 Å². The van der Waals surface area contributed by atoms with Gasteiger partial charge in [0.2, 0.25) is 0 Å². The summed E-state index contributed by atoms with van der Waals surface area (Å²) in [6, 6.07) is 5.07. The van der Waals surface area contributed by atoms with Crippen LogP contribution >= 0.6 is 0 Å². The second-order valence-corrected chi connectivity index (χ2v) is 3.95. The van der Waals surface area contributed by atoms with Crippen molar-refractivity contribution in [3.63, 3.8) is 0 Å². The average Bonchev–Trinajstić information content (AvgIpc) is 2.40. The molecule has 1 aromatic heterocycles. The van der Waals surface area contributed by atoms with E-state index in [0.29, 0.717) is 11.3 Å². The fourth-order valence-electron chi connectivity index (χ4n) is 1.70. The van der Waals surface area contributed by atoms with E-state index in [4.69, 9.17) is 0 Å². The van der Waals surface area contributed by atoms with Gasteiger partial charge in [0, 0.05) is 18.8 Å². The largest absolute Gasteiger partial charge is 0.573 e. The van der Waals surface area contributed by atoms with E-state index in [0.717, 1.165) is 12.1 Å². The molecule has 21 heavy (non-hydrogen) atoms. The summed E-state index contributed by atoms with van der Waals surface area (Å²) in [4.78, 5) is 21.9. The van der Waals surface area contributed by atoms with Crippen LogP contribution in [0.2, 0.25) is 0 Å². The van der Waals surface area contributed by atoms with Gasteiger partial charge in [-0.15, -0.1) is 13.2 Å². The van der Waals surface area contributed by atoms with Gasteiger partial charge in [0.25, 0.3) is 5.56 Å². The summed E-state index contributed by atoms with van der Waals surface area (Å²) in [7, 11) is 1.50. The van der Waals surface area contributed by atoms with E-state index in [1.165, 1.54) is 31.7 Å². The zero-order valence-electron chi connectivity index (χ0n) is 10.8. The SMILES string of the molecule is CN=Cc1c(-c2ccc(OC(F)(F)F)cc2)nc[nH]c1=O. The Kier molecular flexibility index (Phi) is 4.06. The highest BCUT2D eigenvalue weighted by atomic mass is 19.4. The summed E-state index contributed by atoms with van der Waals surface area (Å²) in [6.45, 7) is 0. The Morgan fingerprint density at radius 1 is 1.29 bits per heavy atom. The molecule has 5 nitrogen and oxygen atoms in total. The Morgan fingerprint density at radius 2 is 1.95 bits per heavy atom. The standard InChI is InChI=1S/C13H10F3N3O2/c1-17-6-10-11(18-7-19-12(10)20)8-2-4-9(5-3-8)21-13(14,15)16/h2-7H,1H3,(H,18,19,20). The molecule has 0 aliphatic rings. The highest BCUT2D eigenvalue weighted by molar-refractivity contribution is 5.88. The summed E-state index contributed by atoms with van der Waals surface area (Å²) in [6.07, 6.45) is -2.20. The predicted octanol–water partition coefficient (Wildman–Crippen LogP) is 2.38. The highest BCUT2D eigenvalue weighted by Gasteiger charge is 2.31. The van der Waals surface area contributed by atoms with E-state index in [1.54, 1.807) is 0 Å². The van der Waals surface area contributed by atoms with Gasteiger partial charge in [0.15, 0.2) is 0 Å². The van der Waals surface area contributed by atoms with Crippen molar-refractivity contribution in [3.8, 4) is 17.0 Å². The Hall–Kier alpha value is -2.64. The zero-order chi connectivity index (χ0) is 15.5. The lowest BCUT2D eigenvalue weighted by molar-refractivity contribution is -0.274. The van der Waals surface area contributed by atoms with Crippen LogP contribution in [-0.4, -0.2) is 29.6 Å². The van der Waals surface area contributed by atoms with Crippen LogP contribution < -0.4 is 10.3 Å². The van der Waals surface area contributed by atoms with E-state index in [1.807, 2.05) is 0 Å². The molecule has 0 aliphatic carbocycles. The number of nitrogens with one attached hydrogen (secondary N) is 1. The Bertz CT molecular complexity index is 706. The third-order valence-corrected chi connectivity index (χ3v) is 2.51. The van der Waals surface area contributed by atoms with Crippen LogP contribution in [0.25, 0.3) is 11.3 Å². The van der Waals surface area contributed by atoms with Crippen molar-refractivity contribution in [2.24, 2.45) is 4.99 Å². The fourth-order valence-corrected chi connectivity index (χ4v) is 1.70. The van der Waals surface area contributed by atoms with Crippen molar-refractivity contribution in [3.05, 3.63) is 46.5 Å². The molecular weight excluding hydrogens is 287 g/mol. The third-order valence-electron chi connectivity index (χ3n) is 2.51. The normalized spacial score (nSPS) is 11.8. The summed E-state index contributed by atoms with van der Waals surface area (Å²) >= 11 is 0. The first kappa shape index (κ1) is 14.8. The van der Waals surface area contributed by atoms with Gasteiger partial charge in [0.05, 0.1) is 17.6 Å². The fraction of sp³-hybridized carbons (Fsp3) is 0.154. The molecule has 8 heteroatoms. The molecular formula is C13H10F3N3O2. The molecule has 110 valence electrons. The number of H-pyrrole nitrogens is 1. The van der Waals surface area contributed by atoms with Gasteiger partial charge in [-0.25, -0.2) is 4.98 Å². The number of hydrogen-bond donors (Lipinski definition) is 1. The van der Waals surface area contributed by atoms with Gasteiger partial charge in [-0.3, -0.25) is 9.79 Å². The average molecular weight is 297 g/mol. The maximum Gasteiger partial charge on any atom is 0.573 e. The van der Waals surface area contributed by atoms with Crippen LogP contribution in [0, 0.1) is 0 Å². The molecule has 0 saturated carbocycles. The van der Waals surface area contributed by atoms with Gasteiger partial charge >= 0.3 is 6.36 Å². The zero-order valence-corrected chi connectivity index (χ0v) is 10.8. The minimum atomic E-state index is -4.75. The Morgan fingerprint density at radius 3 is 2.52 bits per heavy atom. The summed E-state index contributed by atoms with van der Waals surface area (Å²) in [5.41, 5.74) is 0.638. The number of aromatic amines is 1. The number of halogens is 3. The number of aliphatic imine (C=N–C) groups is 1. The molecule has 0 aliphatic heterocycles. The minimum absolute atomic E-state index is 0.226. The molecule has 0 atom stereocenters. The topological polar surface area (TPSA) is 67.3 Å². The summed E-state index contributed by atoms with van der Waals surface area (Å²) < 4.78 is 40.0. The van der Waals surface area contributed by atoms with Crippen molar-refractivity contribution in [1.29, 1.82) is 0 Å². The monoisotopic (exact) mass is 297 g/mol. The molecule has 1 aromatic carbocycles. The maximum absolute atomic E-state index is 12.1. The van der Waals surface area contributed by atoms with Crippen LogP contribution in [0.4, 0.5) is 13.2 Å². The van der Waals surface area contributed by atoms with Gasteiger partial charge < -0.3 is 9.72 Å². The van der Waals surface area contributed by atoms with E-state index < -0.39 is 6.36 Å². The van der Waals surface area contributed by atoms with E-state index >= 15 is 0 Å². The highest BCUT2D eigenvalue weighted by Crippen LogP contribution is 2.26. The van der Waals surface area contributed by atoms with E-state index in [2.05, 4.69) is 19.7 Å². The van der Waals surface area contributed by atoms with Crippen LogP contribution in [0.15, 0.2) is 40.4 Å². The smallest absolute Gasteiger partial charge is 0.406 e. The van der Waals surface area contributed by atoms with Crippen LogP contribution in [-0.2, 0) is 0 Å². The van der Waals surface area contributed by atoms with Crippen LogP contribution in [0.5, 0.6) is 5.75 Å². The lowest BCUT2D eigenvalue weighted by atomic mass is 10.1. The predicted molar refractivity (Wildman–Crippen MR) is 70.5 cm³/mol. The minimum Gasteiger partial charge on any atom is -0.406 e. The number of rotatable bonds is 3. The number of hydrogen-bond acceptors (Lipinski definition) is 4. The van der Waals surface area contributed by atoms with E-state index in [9.17, 15) is 18.0 Å². The first-order chi connectivity index (χ1) is 9.90. The van der Waals surface area contributed by atoms with Gasteiger partial charge in [-0.1, -0.05) is 0 Å². The molecule has 1 N–H and O–H groups in total.